The third kappa shape index (κ3) is 2.02. The van der Waals surface area contributed by atoms with Crippen LogP contribution in [0.4, 0.5) is 0 Å². The molecule has 0 radical (unpaired) electrons. The average molecular weight is 181 g/mol. The Morgan fingerprint density at radius 1 is 1.62 bits per heavy atom. The minimum absolute atomic E-state index is 0.191. The fourth-order valence-corrected chi connectivity index (χ4v) is 1.61. The van der Waals surface area contributed by atoms with Crippen molar-refractivity contribution < 1.29 is 9.53 Å². The minimum atomic E-state index is -0.191. The summed E-state index contributed by atoms with van der Waals surface area (Å²) in [6.07, 6.45) is 4.31. The molecule has 0 aromatic rings. The zero-order valence-electron chi connectivity index (χ0n) is 7.95. The summed E-state index contributed by atoms with van der Waals surface area (Å²) in [6.45, 7) is 4.66. The van der Waals surface area contributed by atoms with Crippen LogP contribution in [0.1, 0.15) is 19.8 Å². The first-order valence-electron chi connectivity index (χ1n) is 4.92. The Balaban J connectivity index is 1.94. The Morgan fingerprint density at radius 3 is 2.85 bits per heavy atom. The van der Waals surface area contributed by atoms with Crippen LogP contribution in [0, 0.1) is 5.92 Å². The van der Waals surface area contributed by atoms with Gasteiger partial charge in [0, 0.05) is 19.2 Å². The van der Waals surface area contributed by atoms with Crippen molar-refractivity contribution in [2.24, 2.45) is 5.92 Å². The molecule has 3 nitrogen and oxygen atoms in total. The van der Waals surface area contributed by atoms with E-state index in [1.54, 1.807) is 6.08 Å². The smallest absolute Gasteiger partial charge is 0.333 e. The Bertz CT molecular complexity index is 243. The third-order valence-corrected chi connectivity index (χ3v) is 2.61. The van der Waals surface area contributed by atoms with Gasteiger partial charge >= 0.3 is 5.97 Å². The van der Waals surface area contributed by atoms with E-state index in [1.807, 2.05) is 0 Å². The van der Waals surface area contributed by atoms with Crippen LogP contribution in [0.2, 0.25) is 0 Å². The van der Waals surface area contributed by atoms with Gasteiger partial charge in [0.05, 0.1) is 5.70 Å². The lowest BCUT2D eigenvalue weighted by Crippen LogP contribution is -2.25. The molecule has 0 unspecified atom stereocenters. The lowest BCUT2D eigenvalue weighted by Gasteiger charge is -2.22. The molecule has 0 amide bonds. The fourth-order valence-electron chi connectivity index (χ4n) is 1.61. The molecule has 1 heterocycles. The summed E-state index contributed by atoms with van der Waals surface area (Å²) in [6, 6.07) is 0. The second-order valence-electron chi connectivity index (χ2n) is 3.73. The van der Waals surface area contributed by atoms with Gasteiger partial charge in [0.2, 0.25) is 0 Å². The normalized spacial score (nSPS) is 21.3. The summed E-state index contributed by atoms with van der Waals surface area (Å²) in [4.78, 5) is 13.1. The predicted octanol–water partition coefficient (Wildman–Crippen LogP) is 1.16. The molecule has 0 bridgehead atoms. The van der Waals surface area contributed by atoms with Crippen LogP contribution in [0.3, 0.4) is 0 Å². The molecule has 0 aromatic carbocycles. The molecule has 0 aromatic heterocycles. The van der Waals surface area contributed by atoms with Crippen LogP contribution in [0.5, 0.6) is 0 Å². The summed E-state index contributed by atoms with van der Waals surface area (Å²) < 4.78 is 4.88. The lowest BCUT2D eigenvalue weighted by atomic mass is 10.3. The summed E-state index contributed by atoms with van der Waals surface area (Å²) in [5, 5.41) is 0. The predicted molar refractivity (Wildman–Crippen MR) is 49.0 cm³/mol. The Morgan fingerprint density at radius 2 is 2.38 bits per heavy atom. The standard InChI is InChI=1S/C10H15NO2/c1-2-11(6-8-3-4-8)9-5-10(12)13-7-9/h5,8H,2-4,6-7H2,1H3. The maximum absolute atomic E-state index is 10.8. The number of likely N-dealkylation sites (N-methyl/N-ethyl adjacent to an activating group) is 1. The molecule has 1 aliphatic heterocycles. The van der Waals surface area contributed by atoms with E-state index < -0.39 is 0 Å². The van der Waals surface area contributed by atoms with Crippen LogP contribution in [0.25, 0.3) is 0 Å². The van der Waals surface area contributed by atoms with E-state index in [0.29, 0.717) is 6.61 Å². The number of esters is 1. The van der Waals surface area contributed by atoms with Crippen molar-refractivity contribution >= 4 is 5.97 Å². The van der Waals surface area contributed by atoms with Crippen molar-refractivity contribution in [1.29, 1.82) is 0 Å². The van der Waals surface area contributed by atoms with Gasteiger partial charge in [-0.1, -0.05) is 0 Å². The van der Waals surface area contributed by atoms with Crippen LogP contribution in [0.15, 0.2) is 11.8 Å². The van der Waals surface area contributed by atoms with Crippen molar-refractivity contribution in [3.8, 4) is 0 Å². The highest BCUT2D eigenvalue weighted by molar-refractivity contribution is 5.85. The van der Waals surface area contributed by atoms with Gasteiger partial charge in [-0.25, -0.2) is 4.79 Å². The second kappa shape index (κ2) is 3.40. The highest BCUT2D eigenvalue weighted by Crippen LogP contribution is 2.31. The molecule has 0 atom stereocenters. The summed E-state index contributed by atoms with van der Waals surface area (Å²) in [7, 11) is 0. The van der Waals surface area contributed by atoms with Gasteiger partial charge in [0.25, 0.3) is 0 Å². The van der Waals surface area contributed by atoms with Gasteiger partial charge in [-0.05, 0) is 25.7 Å². The Hall–Kier alpha value is -0.990. The highest BCUT2D eigenvalue weighted by atomic mass is 16.5. The largest absolute Gasteiger partial charge is 0.456 e. The van der Waals surface area contributed by atoms with E-state index >= 15 is 0 Å². The van der Waals surface area contributed by atoms with Crippen molar-refractivity contribution in [2.45, 2.75) is 19.8 Å². The number of cyclic esters (lactones) is 1. The van der Waals surface area contributed by atoms with Crippen molar-refractivity contribution in [2.75, 3.05) is 19.7 Å². The molecular formula is C10H15NO2. The molecule has 3 heteroatoms. The molecule has 0 N–H and O–H groups in total. The topological polar surface area (TPSA) is 29.5 Å². The maximum Gasteiger partial charge on any atom is 0.333 e. The molecule has 13 heavy (non-hydrogen) atoms. The number of hydrogen-bond acceptors (Lipinski definition) is 3. The van der Waals surface area contributed by atoms with Crippen LogP contribution < -0.4 is 0 Å². The van der Waals surface area contributed by atoms with Gasteiger partial charge in [0.1, 0.15) is 6.61 Å². The number of hydrogen-bond donors (Lipinski definition) is 0. The molecular weight excluding hydrogens is 166 g/mol. The molecule has 2 aliphatic rings. The second-order valence-corrected chi connectivity index (χ2v) is 3.73. The Labute approximate surface area is 78.4 Å². The minimum Gasteiger partial charge on any atom is -0.456 e. The Kier molecular flexibility index (Phi) is 2.25. The van der Waals surface area contributed by atoms with Crippen molar-refractivity contribution in [3.05, 3.63) is 11.8 Å². The number of carbonyl (C=O) groups is 1. The van der Waals surface area contributed by atoms with Gasteiger partial charge in [-0.15, -0.1) is 0 Å². The maximum atomic E-state index is 10.8. The van der Waals surface area contributed by atoms with E-state index in [0.717, 1.165) is 24.7 Å². The van der Waals surface area contributed by atoms with Crippen LogP contribution in [-0.4, -0.2) is 30.6 Å². The zero-order chi connectivity index (χ0) is 9.26. The summed E-state index contributed by atoms with van der Waals surface area (Å²) in [5.74, 6) is 0.667. The summed E-state index contributed by atoms with van der Waals surface area (Å²) >= 11 is 0. The fraction of sp³-hybridized carbons (Fsp3) is 0.700. The van der Waals surface area contributed by atoms with Crippen LogP contribution >= 0.6 is 0 Å². The first-order chi connectivity index (χ1) is 6.29. The number of ether oxygens (including phenoxy) is 1. The van der Waals surface area contributed by atoms with Crippen molar-refractivity contribution in [1.82, 2.24) is 4.90 Å². The average Bonchev–Trinajstić information content (AvgIpc) is 2.84. The number of rotatable bonds is 4. The molecule has 1 saturated carbocycles. The third-order valence-electron chi connectivity index (χ3n) is 2.61. The van der Waals surface area contributed by atoms with Gasteiger partial charge in [-0.2, -0.15) is 0 Å². The molecule has 1 fully saturated rings. The lowest BCUT2D eigenvalue weighted by molar-refractivity contribution is -0.135. The van der Waals surface area contributed by atoms with Crippen LogP contribution in [-0.2, 0) is 9.53 Å². The molecule has 0 saturated heterocycles. The van der Waals surface area contributed by atoms with Gasteiger partial charge < -0.3 is 9.64 Å². The quantitative estimate of drug-likeness (QED) is 0.609. The summed E-state index contributed by atoms with van der Waals surface area (Å²) in [5.41, 5.74) is 1.06. The molecule has 72 valence electrons. The number of nitrogens with zero attached hydrogens (tertiary/aromatic N) is 1. The number of carbonyl (C=O) groups excluding carboxylic acids is 1. The van der Waals surface area contributed by atoms with Gasteiger partial charge in [-0.3, -0.25) is 0 Å². The van der Waals surface area contributed by atoms with E-state index in [-0.39, 0.29) is 5.97 Å². The molecule has 0 spiro atoms. The van der Waals surface area contributed by atoms with E-state index in [2.05, 4.69) is 11.8 Å². The van der Waals surface area contributed by atoms with E-state index in [1.165, 1.54) is 12.8 Å². The first-order valence-corrected chi connectivity index (χ1v) is 4.92. The first kappa shape index (κ1) is 8.60. The molecule has 1 aliphatic carbocycles. The highest BCUT2D eigenvalue weighted by Gasteiger charge is 2.26. The molecule has 2 rings (SSSR count). The van der Waals surface area contributed by atoms with E-state index in [4.69, 9.17) is 4.74 Å². The van der Waals surface area contributed by atoms with Crippen molar-refractivity contribution in [3.63, 3.8) is 0 Å². The SMILES string of the molecule is CCN(CC1CC1)C1=CC(=O)OC1. The van der Waals surface area contributed by atoms with E-state index in [9.17, 15) is 4.79 Å². The monoisotopic (exact) mass is 181 g/mol. The van der Waals surface area contributed by atoms with Gasteiger partial charge in [0.15, 0.2) is 0 Å². The zero-order valence-corrected chi connectivity index (χ0v) is 7.95.